The number of anilines is 1. The van der Waals surface area contributed by atoms with Crippen molar-refractivity contribution in [1.29, 1.82) is 0 Å². The molecule has 0 atom stereocenters. The Morgan fingerprint density at radius 1 is 0.944 bits per heavy atom. The van der Waals surface area contributed by atoms with E-state index in [0.717, 1.165) is 30.0 Å². The first-order chi connectivity index (χ1) is 8.56. The molecule has 0 spiro atoms. The fourth-order valence-electron chi connectivity index (χ4n) is 1.44. The molecule has 0 aliphatic carbocycles. The van der Waals surface area contributed by atoms with Crippen LogP contribution in [0.2, 0.25) is 0 Å². The first kappa shape index (κ1) is 12.8. The van der Waals surface area contributed by atoms with Crippen LogP contribution in [0, 0.1) is 17.5 Å². The lowest BCUT2D eigenvalue weighted by Gasteiger charge is -2.06. The molecule has 2 rings (SSSR count). The molecule has 0 aromatic heterocycles. The summed E-state index contributed by atoms with van der Waals surface area (Å²) in [6.45, 7) is 0. The first-order valence-electron chi connectivity index (χ1n) is 5.18. The van der Waals surface area contributed by atoms with Gasteiger partial charge in [-0.15, -0.1) is 11.8 Å². The van der Waals surface area contributed by atoms with Crippen molar-refractivity contribution in [2.75, 3.05) is 5.73 Å². The Kier molecular flexibility index (Phi) is 3.81. The second kappa shape index (κ2) is 5.35. The van der Waals surface area contributed by atoms with Crippen molar-refractivity contribution in [2.24, 2.45) is 0 Å². The smallest absolute Gasteiger partial charge is 0.136 e. The molecule has 2 N–H and O–H groups in total. The summed E-state index contributed by atoms with van der Waals surface area (Å²) in [4.78, 5) is 0.179. The third-order valence-corrected chi connectivity index (χ3v) is 3.46. The van der Waals surface area contributed by atoms with E-state index in [2.05, 4.69) is 0 Å². The third-order valence-electron chi connectivity index (χ3n) is 2.38. The van der Waals surface area contributed by atoms with Crippen LogP contribution >= 0.6 is 11.8 Å². The van der Waals surface area contributed by atoms with Crippen LogP contribution in [-0.4, -0.2) is 0 Å². The number of nitrogen functional groups attached to an aromatic ring is 1. The van der Waals surface area contributed by atoms with Crippen LogP contribution in [0.5, 0.6) is 0 Å². The van der Waals surface area contributed by atoms with Crippen LogP contribution in [0.3, 0.4) is 0 Å². The molecule has 0 radical (unpaired) electrons. The van der Waals surface area contributed by atoms with Crippen LogP contribution in [0.1, 0.15) is 5.56 Å². The molecule has 0 amide bonds. The van der Waals surface area contributed by atoms with E-state index in [0.29, 0.717) is 11.3 Å². The Labute approximate surface area is 107 Å². The molecule has 0 heterocycles. The zero-order chi connectivity index (χ0) is 13.1. The summed E-state index contributed by atoms with van der Waals surface area (Å²) in [5, 5.41) is 0. The van der Waals surface area contributed by atoms with Gasteiger partial charge >= 0.3 is 0 Å². The van der Waals surface area contributed by atoms with Crippen molar-refractivity contribution < 1.29 is 13.2 Å². The molecule has 0 saturated carbocycles. The number of hydrogen-bond donors (Lipinski definition) is 1. The summed E-state index contributed by atoms with van der Waals surface area (Å²) < 4.78 is 39.3. The highest BCUT2D eigenvalue weighted by Gasteiger charge is 2.07. The van der Waals surface area contributed by atoms with Crippen molar-refractivity contribution in [3.8, 4) is 0 Å². The standard InChI is InChI=1S/C13H10F3NS/c14-9-2-4-12(17)8(5-9)7-18-13-6-10(15)1-3-11(13)16/h1-6H,7,17H2. The Hall–Kier alpha value is -1.62. The zero-order valence-corrected chi connectivity index (χ0v) is 10.1. The third kappa shape index (κ3) is 2.98. The molecular weight excluding hydrogens is 259 g/mol. The van der Waals surface area contributed by atoms with E-state index in [1.165, 1.54) is 18.2 Å². The maximum atomic E-state index is 13.4. The van der Waals surface area contributed by atoms with Gasteiger partial charge in [-0.25, -0.2) is 13.2 Å². The van der Waals surface area contributed by atoms with Crippen molar-refractivity contribution in [3.63, 3.8) is 0 Å². The molecule has 2 aromatic rings. The largest absolute Gasteiger partial charge is 0.398 e. The second-order valence-corrected chi connectivity index (χ2v) is 4.72. The average molecular weight is 269 g/mol. The van der Waals surface area contributed by atoms with E-state index in [4.69, 9.17) is 5.73 Å². The van der Waals surface area contributed by atoms with Crippen LogP contribution in [0.4, 0.5) is 18.9 Å². The van der Waals surface area contributed by atoms with Crippen molar-refractivity contribution in [2.45, 2.75) is 10.6 Å². The fourth-order valence-corrected chi connectivity index (χ4v) is 2.41. The second-order valence-electron chi connectivity index (χ2n) is 3.71. The maximum Gasteiger partial charge on any atom is 0.136 e. The summed E-state index contributed by atoms with van der Waals surface area (Å²) >= 11 is 1.08. The SMILES string of the molecule is Nc1ccc(F)cc1CSc1cc(F)ccc1F. The highest BCUT2D eigenvalue weighted by Crippen LogP contribution is 2.28. The average Bonchev–Trinajstić information content (AvgIpc) is 2.34. The van der Waals surface area contributed by atoms with E-state index in [9.17, 15) is 13.2 Å². The lowest BCUT2D eigenvalue weighted by molar-refractivity contribution is 0.577. The highest BCUT2D eigenvalue weighted by molar-refractivity contribution is 7.98. The van der Waals surface area contributed by atoms with Gasteiger partial charge in [0.15, 0.2) is 0 Å². The minimum Gasteiger partial charge on any atom is -0.398 e. The van der Waals surface area contributed by atoms with Gasteiger partial charge in [0.25, 0.3) is 0 Å². The number of rotatable bonds is 3. The molecule has 94 valence electrons. The molecule has 0 saturated heterocycles. The van der Waals surface area contributed by atoms with E-state index in [1.54, 1.807) is 0 Å². The van der Waals surface area contributed by atoms with Crippen molar-refractivity contribution in [1.82, 2.24) is 0 Å². The van der Waals surface area contributed by atoms with Crippen LogP contribution in [0.25, 0.3) is 0 Å². The van der Waals surface area contributed by atoms with E-state index in [-0.39, 0.29) is 10.6 Å². The molecule has 0 aliphatic rings. The van der Waals surface area contributed by atoms with Gasteiger partial charge in [-0.05, 0) is 42.0 Å². The molecule has 2 aromatic carbocycles. The number of halogens is 3. The van der Waals surface area contributed by atoms with Crippen LogP contribution in [-0.2, 0) is 5.75 Å². The van der Waals surface area contributed by atoms with E-state index in [1.807, 2.05) is 0 Å². The number of benzene rings is 2. The predicted octanol–water partition coefficient (Wildman–Crippen LogP) is 3.98. The Morgan fingerprint density at radius 2 is 1.61 bits per heavy atom. The number of nitrogens with two attached hydrogens (primary N) is 1. The van der Waals surface area contributed by atoms with Gasteiger partial charge in [0.05, 0.1) is 0 Å². The summed E-state index contributed by atoms with van der Waals surface area (Å²) in [6, 6.07) is 7.22. The van der Waals surface area contributed by atoms with E-state index < -0.39 is 17.5 Å². The van der Waals surface area contributed by atoms with Crippen molar-refractivity contribution in [3.05, 3.63) is 59.4 Å². The highest BCUT2D eigenvalue weighted by atomic mass is 32.2. The van der Waals surface area contributed by atoms with Gasteiger partial charge < -0.3 is 5.73 Å². The van der Waals surface area contributed by atoms with E-state index >= 15 is 0 Å². The molecule has 0 aliphatic heterocycles. The first-order valence-corrected chi connectivity index (χ1v) is 6.16. The molecule has 0 unspecified atom stereocenters. The Morgan fingerprint density at radius 3 is 2.39 bits per heavy atom. The van der Waals surface area contributed by atoms with Gasteiger partial charge in [0, 0.05) is 16.3 Å². The zero-order valence-electron chi connectivity index (χ0n) is 9.29. The maximum absolute atomic E-state index is 13.4. The summed E-state index contributed by atoms with van der Waals surface area (Å²) in [5.74, 6) is -1.13. The molecule has 0 bridgehead atoms. The molecule has 18 heavy (non-hydrogen) atoms. The van der Waals surface area contributed by atoms with Gasteiger partial charge in [-0.1, -0.05) is 0 Å². The van der Waals surface area contributed by atoms with Crippen molar-refractivity contribution >= 4 is 17.4 Å². The van der Waals surface area contributed by atoms with Gasteiger partial charge in [-0.2, -0.15) is 0 Å². The summed E-state index contributed by atoms with van der Waals surface area (Å²) in [6.07, 6.45) is 0. The lowest BCUT2D eigenvalue weighted by atomic mass is 10.2. The van der Waals surface area contributed by atoms with Crippen LogP contribution < -0.4 is 5.73 Å². The molecular formula is C13H10F3NS. The Bertz CT molecular complexity index is 521. The number of hydrogen-bond acceptors (Lipinski definition) is 2. The normalized spacial score (nSPS) is 10.6. The Balaban J connectivity index is 2.16. The van der Waals surface area contributed by atoms with Gasteiger partial charge in [-0.3, -0.25) is 0 Å². The van der Waals surface area contributed by atoms with Crippen LogP contribution in [0.15, 0.2) is 41.3 Å². The monoisotopic (exact) mass is 269 g/mol. The summed E-state index contributed by atoms with van der Waals surface area (Å²) in [7, 11) is 0. The predicted molar refractivity (Wildman–Crippen MR) is 66.7 cm³/mol. The van der Waals surface area contributed by atoms with Gasteiger partial charge in [0.1, 0.15) is 17.5 Å². The topological polar surface area (TPSA) is 26.0 Å². The summed E-state index contributed by atoms with van der Waals surface area (Å²) in [5.41, 5.74) is 6.66. The molecule has 1 nitrogen and oxygen atoms in total. The lowest BCUT2D eigenvalue weighted by Crippen LogP contribution is -1.94. The quantitative estimate of drug-likeness (QED) is 0.673. The van der Waals surface area contributed by atoms with Gasteiger partial charge in [0.2, 0.25) is 0 Å². The number of thioether (sulfide) groups is 1. The minimum absolute atomic E-state index is 0.179. The minimum atomic E-state index is -0.508. The fraction of sp³-hybridized carbons (Fsp3) is 0.0769. The molecule has 0 fully saturated rings. The molecule has 5 heteroatoms.